The molecule has 1 heterocycles. The Hall–Kier alpha value is -1.90. The van der Waals surface area contributed by atoms with Gasteiger partial charge in [-0.05, 0) is 37.0 Å². The van der Waals surface area contributed by atoms with E-state index in [1.54, 1.807) is 0 Å². The fourth-order valence-electron chi connectivity index (χ4n) is 2.07. The maximum Gasteiger partial charge on any atom is 0.226 e. The van der Waals surface area contributed by atoms with E-state index in [4.69, 9.17) is 4.42 Å². The molecule has 0 saturated heterocycles. The summed E-state index contributed by atoms with van der Waals surface area (Å²) < 4.78 is 5.75. The lowest BCUT2D eigenvalue weighted by Crippen LogP contribution is -1.85. The Kier molecular flexibility index (Phi) is 2.74. The van der Waals surface area contributed by atoms with Gasteiger partial charge in [0.05, 0.1) is 0 Å². The molecule has 1 aromatic carbocycles. The Bertz CT molecular complexity index is 565. The number of rotatable bonds is 4. The highest BCUT2D eigenvalue weighted by molar-refractivity contribution is 5.75. The quantitative estimate of drug-likeness (QED) is 0.768. The van der Waals surface area contributed by atoms with Crippen molar-refractivity contribution in [2.75, 3.05) is 0 Å². The van der Waals surface area contributed by atoms with E-state index in [0.717, 1.165) is 36.9 Å². The van der Waals surface area contributed by atoms with Crippen LogP contribution in [0.4, 0.5) is 0 Å². The summed E-state index contributed by atoms with van der Waals surface area (Å²) >= 11 is 0. The number of nitrogens with zero attached hydrogens (tertiary/aromatic N) is 1. The zero-order chi connectivity index (χ0) is 12.5. The summed E-state index contributed by atoms with van der Waals surface area (Å²) in [4.78, 5) is 15.3. The molecule has 0 bridgehead atoms. The van der Waals surface area contributed by atoms with E-state index in [-0.39, 0.29) is 0 Å². The average Bonchev–Trinajstić information content (AvgIpc) is 3.18. The maximum atomic E-state index is 11.0. The van der Waals surface area contributed by atoms with E-state index < -0.39 is 0 Å². The molecular formula is C15H15NO2. The molecule has 0 amide bonds. The van der Waals surface area contributed by atoms with Gasteiger partial charge in [0.1, 0.15) is 11.5 Å². The molecule has 0 atom stereocenters. The van der Waals surface area contributed by atoms with Gasteiger partial charge in [0.2, 0.25) is 5.89 Å². The lowest BCUT2D eigenvalue weighted by Gasteiger charge is -1.98. The van der Waals surface area contributed by atoms with Crippen LogP contribution in [0.15, 0.2) is 28.7 Å². The average molecular weight is 241 g/mol. The van der Waals surface area contributed by atoms with Crippen LogP contribution >= 0.6 is 0 Å². The van der Waals surface area contributed by atoms with E-state index >= 15 is 0 Å². The molecule has 0 spiro atoms. The summed E-state index contributed by atoms with van der Waals surface area (Å²) in [7, 11) is 0. The summed E-state index contributed by atoms with van der Waals surface area (Å²) in [5.74, 6) is 1.72. The van der Waals surface area contributed by atoms with E-state index in [1.165, 1.54) is 5.56 Å². The van der Waals surface area contributed by atoms with Gasteiger partial charge in [-0.1, -0.05) is 19.1 Å². The van der Waals surface area contributed by atoms with Crippen LogP contribution < -0.4 is 0 Å². The molecule has 1 fully saturated rings. The van der Waals surface area contributed by atoms with Gasteiger partial charge < -0.3 is 4.42 Å². The Morgan fingerprint density at radius 2 is 2.06 bits per heavy atom. The molecule has 18 heavy (non-hydrogen) atoms. The van der Waals surface area contributed by atoms with Crippen molar-refractivity contribution in [2.24, 2.45) is 0 Å². The number of oxazole rings is 1. The molecule has 3 nitrogen and oxygen atoms in total. The van der Waals surface area contributed by atoms with Crippen molar-refractivity contribution in [3.05, 3.63) is 41.3 Å². The number of hydrogen-bond acceptors (Lipinski definition) is 3. The third-order valence-electron chi connectivity index (χ3n) is 3.35. The second kappa shape index (κ2) is 4.41. The van der Waals surface area contributed by atoms with E-state index in [2.05, 4.69) is 24.0 Å². The summed E-state index contributed by atoms with van der Waals surface area (Å²) in [6, 6.07) is 8.12. The summed E-state index contributed by atoms with van der Waals surface area (Å²) in [6.07, 6.45) is 4.01. The molecule has 1 aliphatic rings. The smallest absolute Gasteiger partial charge is 0.226 e. The van der Waals surface area contributed by atoms with Crippen molar-refractivity contribution >= 4 is 6.29 Å². The van der Waals surface area contributed by atoms with Gasteiger partial charge in [0.25, 0.3) is 0 Å². The highest BCUT2D eigenvalue weighted by atomic mass is 16.4. The third kappa shape index (κ3) is 1.96. The van der Waals surface area contributed by atoms with Crippen molar-refractivity contribution < 1.29 is 9.21 Å². The van der Waals surface area contributed by atoms with Crippen LogP contribution in [0.5, 0.6) is 0 Å². The zero-order valence-electron chi connectivity index (χ0n) is 10.3. The summed E-state index contributed by atoms with van der Waals surface area (Å²) in [6.45, 7) is 2.12. The minimum atomic E-state index is 0.404. The maximum absolute atomic E-state index is 11.0. The topological polar surface area (TPSA) is 43.1 Å². The van der Waals surface area contributed by atoms with E-state index in [9.17, 15) is 4.79 Å². The van der Waals surface area contributed by atoms with Gasteiger partial charge in [-0.3, -0.25) is 4.79 Å². The van der Waals surface area contributed by atoms with Crippen LogP contribution in [0, 0.1) is 0 Å². The highest BCUT2D eigenvalue weighted by Gasteiger charge is 2.31. The van der Waals surface area contributed by atoms with E-state index in [0.29, 0.717) is 17.5 Å². The SMILES string of the molecule is CCc1ccc(-c2nc(C=O)c(C3CC3)o2)cc1. The first-order chi connectivity index (χ1) is 8.81. The number of aromatic nitrogens is 1. The first kappa shape index (κ1) is 11.2. The monoisotopic (exact) mass is 241 g/mol. The predicted octanol–water partition coefficient (Wildman–Crippen LogP) is 3.59. The second-order valence-electron chi connectivity index (χ2n) is 4.71. The summed E-state index contributed by atoms with van der Waals surface area (Å²) in [5, 5.41) is 0. The lowest BCUT2D eigenvalue weighted by molar-refractivity contribution is 0.111. The molecule has 3 heteroatoms. The van der Waals surface area contributed by atoms with Gasteiger partial charge in [-0.15, -0.1) is 0 Å². The Labute approximate surface area is 106 Å². The largest absolute Gasteiger partial charge is 0.440 e. The van der Waals surface area contributed by atoms with Gasteiger partial charge in [0, 0.05) is 11.5 Å². The van der Waals surface area contributed by atoms with Crippen LogP contribution in [0.3, 0.4) is 0 Å². The van der Waals surface area contributed by atoms with Crippen molar-refractivity contribution in [3.8, 4) is 11.5 Å². The summed E-state index contributed by atoms with van der Waals surface area (Å²) in [5.41, 5.74) is 2.68. The van der Waals surface area contributed by atoms with Crippen molar-refractivity contribution in [1.29, 1.82) is 0 Å². The van der Waals surface area contributed by atoms with Gasteiger partial charge in [-0.2, -0.15) is 0 Å². The molecule has 0 radical (unpaired) electrons. The molecule has 3 rings (SSSR count). The van der Waals surface area contributed by atoms with Crippen molar-refractivity contribution in [1.82, 2.24) is 4.98 Å². The third-order valence-corrected chi connectivity index (χ3v) is 3.35. The number of hydrogen-bond donors (Lipinski definition) is 0. The highest BCUT2D eigenvalue weighted by Crippen LogP contribution is 2.42. The number of aldehydes is 1. The van der Waals surface area contributed by atoms with Crippen LogP contribution in [0.2, 0.25) is 0 Å². The molecule has 0 N–H and O–H groups in total. The fourth-order valence-corrected chi connectivity index (χ4v) is 2.07. The normalized spacial score (nSPS) is 14.7. The minimum absolute atomic E-state index is 0.404. The molecule has 1 aliphatic carbocycles. The molecular weight excluding hydrogens is 226 g/mol. The van der Waals surface area contributed by atoms with Crippen LogP contribution in [0.1, 0.15) is 47.5 Å². The molecule has 2 aromatic rings. The van der Waals surface area contributed by atoms with Crippen LogP contribution in [-0.4, -0.2) is 11.3 Å². The van der Waals surface area contributed by atoms with Gasteiger partial charge in [-0.25, -0.2) is 4.98 Å². The molecule has 1 aromatic heterocycles. The Morgan fingerprint density at radius 1 is 1.33 bits per heavy atom. The molecule has 0 unspecified atom stereocenters. The van der Waals surface area contributed by atoms with E-state index in [1.807, 2.05) is 12.1 Å². The van der Waals surface area contributed by atoms with Gasteiger partial charge >= 0.3 is 0 Å². The van der Waals surface area contributed by atoms with Crippen molar-refractivity contribution in [3.63, 3.8) is 0 Å². The standard InChI is InChI=1S/C15H15NO2/c1-2-10-3-5-12(6-4-10)15-16-13(9-17)14(18-15)11-7-8-11/h3-6,9,11H,2,7-8H2,1H3. The number of carbonyl (C=O) groups excluding carboxylic acids is 1. The van der Waals surface area contributed by atoms with Crippen LogP contribution in [-0.2, 0) is 6.42 Å². The minimum Gasteiger partial charge on any atom is -0.440 e. The Balaban J connectivity index is 1.97. The second-order valence-corrected chi connectivity index (χ2v) is 4.71. The number of benzene rings is 1. The zero-order valence-corrected chi connectivity index (χ0v) is 10.3. The number of aryl methyl sites for hydroxylation is 1. The first-order valence-corrected chi connectivity index (χ1v) is 6.37. The Morgan fingerprint density at radius 3 is 2.61 bits per heavy atom. The number of carbonyl (C=O) groups is 1. The fraction of sp³-hybridized carbons (Fsp3) is 0.333. The van der Waals surface area contributed by atoms with Crippen LogP contribution in [0.25, 0.3) is 11.5 Å². The molecule has 0 aliphatic heterocycles. The molecule has 92 valence electrons. The van der Waals surface area contributed by atoms with Gasteiger partial charge in [0.15, 0.2) is 6.29 Å². The molecule has 1 saturated carbocycles. The first-order valence-electron chi connectivity index (χ1n) is 6.37. The van der Waals surface area contributed by atoms with Crippen molar-refractivity contribution in [2.45, 2.75) is 32.1 Å². The lowest BCUT2D eigenvalue weighted by atomic mass is 10.1. The predicted molar refractivity (Wildman–Crippen MR) is 68.7 cm³/mol.